The van der Waals surface area contributed by atoms with E-state index in [1.165, 1.54) is 12.1 Å². The number of benzene rings is 1. The van der Waals surface area contributed by atoms with Crippen molar-refractivity contribution in [3.63, 3.8) is 0 Å². The van der Waals surface area contributed by atoms with Crippen LogP contribution in [-0.4, -0.2) is 16.8 Å². The summed E-state index contributed by atoms with van der Waals surface area (Å²) in [5.74, 6) is -0.689. The minimum atomic E-state index is -4.55. The van der Waals surface area contributed by atoms with Gasteiger partial charge in [-0.05, 0) is 39.0 Å². The first-order valence-corrected chi connectivity index (χ1v) is 6.69. The third-order valence-electron chi connectivity index (χ3n) is 2.38. The monoisotopic (exact) mass is 353 g/mol. The Kier molecular flexibility index (Phi) is 5.07. The molecule has 0 atom stereocenters. The van der Waals surface area contributed by atoms with Crippen LogP contribution in [-0.2, 0) is 11.0 Å². The maximum absolute atomic E-state index is 12.9. The molecule has 7 heteroatoms. The summed E-state index contributed by atoms with van der Waals surface area (Å²) in [5.41, 5.74) is -0.845. The van der Waals surface area contributed by atoms with E-state index in [0.717, 1.165) is 6.07 Å². The van der Waals surface area contributed by atoms with Gasteiger partial charge in [0, 0.05) is 5.69 Å². The summed E-state index contributed by atoms with van der Waals surface area (Å²) in [7, 11) is 0. The number of carbonyl (C=O) groups is 1. The Hall–Kier alpha value is -1.24. The quantitative estimate of drug-likeness (QED) is 0.823. The lowest BCUT2D eigenvalue weighted by molar-refractivity contribution is -0.138. The van der Waals surface area contributed by atoms with Gasteiger partial charge in [-0.2, -0.15) is 13.2 Å². The number of rotatable bonds is 4. The predicted octanol–water partition coefficient (Wildman–Crippen LogP) is 4.22. The van der Waals surface area contributed by atoms with Gasteiger partial charge in [0.05, 0.1) is 16.5 Å². The van der Waals surface area contributed by atoms with Crippen molar-refractivity contribution in [1.82, 2.24) is 0 Å². The predicted molar refractivity (Wildman–Crippen MR) is 74.2 cm³/mol. The molecule has 0 bridgehead atoms. The molecule has 0 aliphatic rings. The van der Waals surface area contributed by atoms with E-state index < -0.39 is 22.0 Å². The molecule has 3 nitrogen and oxygen atoms in total. The smallest absolute Gasteiger partial charge is 0.420 e. The van der Waals surface area contributed by atoms with Gasteiger partial charge in [-0.15, -0.1) is 0 Å². The largest absolute Gasteiger partial charge is 0.493 e. The minimum absolute atomic E-state index is 0.0679. The number of ether oxygens (including phenoxy) is 1. The second-order valence-corrected chi connectivity index (χ2v) is 6.55. The summed E-state index contributed by atoms with van der Waals surface area (Å²) in [5, 5.41) is 2.42. The second-order valence-electron chi connectivity index (χ2n) is 4.57. The fraction of sp³-hybridized carbons (Fsp3) is 0.462. The van der Waals surface area contributed by atoms with Crippen molar-refractivity contribution in [1.29, 1.82) is 0 Å². The van der Waals surface area contributed by atoms with E-state index in [-0.39, 0.29) is 18.0 Å². The molecule has 0 unspecified atom stereocenters. The molecular formula is C13H15BrF3NO2. The first-order chi connectivity index (χ1) is 9.05. The average molecular weight is 354 g/mol. The number of amides is 1. The van der Waals surface area contributed by atoms with Crippen LogP contribution in [0.2, 0.25) is 0 Å². The Labute approximate surface area is 123 Å². The van der Waals surface area contributed by atoms with E-state index >= 15 is 0 Å². The first kappa shape index (κ1) is 16.8. The molecule has 1 aromatic carbocycles. The van der Waals surface area contributed by atoms with Gasteiger partial charge in [0.25, 0.3) is 0 Å². The van der Waals surface area contributed by atoms with E-state index in [2.05, 4.69) is 21.2 Å². The van der Waals surface area contributed by atoms with E-state index in [4.69, 9.17) is 4.74 Å². The molecule has 0 spiro atoms. The summed E-state index contributed by atoms with van der Waals surface area (Å²) < 4.78 is 42.8. The lowest BCUT2D eigenvalue weighted by Crippen LogP contribution is -2.31. The third-order valence-corrected chi connectivity index (χ3v) is 2.74. The molecule has 0 saturated heterocycles. The highest BCUT2D eigenvalue weighted by molar-refractivity contribution is 9.10. The van der Waals surface area contributed by atoms with Gasteiger partial charge in [0.1, 0.15) is 5.75 Å². The highest BCUT2D eigenvalue weighted by atomic mass is 79.9. The highest BCUT2D eigenvalue weighted by Gasteiger charge is 2.35. The Bertz CT molecular complexity index is 495. The van der Waals surface area contributed by atoms with Crippen molar-refractivity contribution in [3.8, 4) is 5.75 Å². The van der Waals surface area contributed by atoms with Crippen molar-refractivity contribution < 1.29 is 22.7 Å². The van der Waals surface area contributed by atoms with Crippen molar-refractivity contribution in [2.75, 3.05) is 11.9 Å². The van der Waals surface area contributed by atoms with Crippen LogP contribution in [0.15, 0.2) is 18.2 Å². The van der Waals surface area contributed by atoms with Crippen LogP contribution in [0.4, 0.5) is 18.9 Å². The van der Waals surface area contributed by atoms with Gasteiger partial charge in [0.2, 0.25) is 5.91 Å². The fourth-order valence-electron chi connectivity index (χ4n) is 1.39. The standard InChI is InChI=1S/C13H15BrF3NO2/c1-4-20-10-6-5-8(7-9(10)13(15,16)17)18-11(19)12(2,3)14/h5-7H,4H2,1-3H3,(H,18,19). The van der Waals surface area contributed by atoms with Crippen LogP contribution in [0.5, 0.6) is 5.75 Å². The molecule has 1 aromatic rings. The molecule has 1 N–H and O–H groups in total. The van der Waals surface area contributed by atoms with Crippen LogP contribution < -0.4 is 10.1 Å². The van der Waals surface area contributed by atoms with Gasteiger partial charge >= 0.3 is 6.18 Å². The zero-order valence-corrected chi connectivity index (χ0v) is 12.9. The molecule has 1 amide bonds. The molecule has 0 aliphatic carbocycles. The summed E-state index contributed by atoms with van der Waals surface area (Å²) >= 11 is 3.14. The number of nitrogens with one attached hydrogen (secondary N) is 1. The maximum Gasteiger partial charge on any atom is 0.420 e. The van der Waals surface area contributed by atoms with Crippen LogP contribution in [0.25, 0.3) is 0 Å². The van der Waals surface area contributed by atoms with E-state index in [1.54, 1.807) is 20.8 Å². The fourth-order valence-corrected chi connectivity index (χ4v) is 1.49. The van der Waals surface area contributed by atoms with E-state index in [1.807, 2.05) is 0 Å². The van der Waals surface area contributed by atoms with Gasteiger partial charge < -0.3 is 10.1 Å². The Morgan fingerprint density at radius 3 is 2.40 bits per heavy atom. The number of halogens is 4. The van der Waals surface area contributed by atoms with Gasteiger partial charge in [-0.3, -0.25) is 4.79 Å². The zero-order valence-electron chi connectivity index (χ0n) is 11.3. The number of hydrogen-bond acceptors (Lipinski definition) is 2. The van der Waals surface area contributed by atoms with E-state index in [9.17, 15) is 18.0 Å². The molecule has 1 rings (SSSR count). The van der Waals surface area contributed by atoms with Crippen LogP contribution in [0.1, 0.15) is 26.3 Å². The van der Waals surface area contributed by atoms with Crippen molar-refractivity contribution in [3.05, 3.63) is 23.8 Å². The molecule has 0 aromatic heterocycles. The Balaban J connectivity index is 3.10. The van der Waals surface area contributed by atoms with Gasteiger partial charge in [0.15, 0.2) is 0 Å². The molecule has 112 valence electrons. The maximum atomic E-state index is 12.9. The summed E-state index contributed by atoms with van der Waals surface area (Å²) in [6.45, 7) is 4.93. The molecule has 0 radical (unpaired) electrons. The molecule has 0 saturated carbocycles. The number of anilines is 1. The lowest BCUT2D eigenvalue weighted by atomic mass is 10.1. The van der Waals surface area contributed by atoms with Gasteiger partial charge in [-0.1, -0.05) is 15.9 Å². The number of carbonyl (C=O) groups excluding carboxylic acids is 1. The van der Waals surface area contributed by atoms with Crippen LogP contribution in [0.3, 0.4) is 0 Å². The average Bonchev–Trinajstić information content (AvgIpc) is 2.28. The Morgan fingerprint density at radius 1 is 1.35 bits per heavy atom. The summed E-state index contributed by atoms with van der Waals surface area (Å²) in [4.78, 5) is 11.7. The Morgan fingerprint density at radius 2 is 1.95 bits per heavy atom. The summed E-state index contributed by atoms with van der Waals surface area (Å²) in [6, 6.07) is 3.43. The molecule has 20 heavy (non-hydrogen) atoms. The first-order valence-electron chi connectivity index (χ1n) is 5.90. The normalized spacial score (nSPS) is 12.2. The summed E-state index contributed by atoms with van der Waals surface area (Å²) in [6.07, 6.45) is -4.55. The van der Waals surface area contributed by atoms with Crippen LogP contribution >= 0.6 is 15.9 Å². The highest BCUT2D eigenvalue weighted by Crippen LogP contribution is 2.38. The molecule has 0 fully saturated rings. The topological polar surface area (TPSA) is 38.3 Å². The second kappa shape index (κ2) is 6.03. The van der Waals surface area contributed by atoms with Crippen molar-refractivity contribution in [2.45, 2.75) is 31.3 Å². The van der Waals surface area contributed by atoms with Gasteiger partial charge in [-0.25, -0.2) is 0 Å². The molecular weight excluding hydrogens is 339 g/mol. The number of alkyl halides is 4. The van der Waals surface area contributed by atoms with Crippen LogP contribution in [0, 0.1) is 0 Å². The third kappa shape index (κ3) is 4.40. The zero-order chi connectivity index (χ0) is 15.6. The van der Waals surface area contributed by atoms with Crippen molar-refractivity contribution in [2.24, 2.45) is 0 Å². The molecule has 0 heterocycles. The van der Waals surface area contributed by atoms with Crippen molar-refractivity contribution >= 4 is 27.5 Å². The molecule has 0 aliphatic heterocycles. The minimum Gasteiger partial charge on any atom is -0.493 e. The lowest BCUT2D eigenvalue weighted by Gasteiger charge is -2.18. The van der Waals surface area contributed by atoms with E-state index in [0.29, 0.717) is 0 Å². The number of hydrogen-bond donors (Lipinski definition) is 1. The SMILES string of the molecule is CCOc1ccc(NC(=O)C(C)(C)Br)cc1C(F)(F)F.